The summed E-state index contributed by atoms with van der Waals surface area (Å²) in [5.74, 6) is -0.956. The van der Waals surface area contributed by atoms with Gasteiger partial charge in [0.25, 0.3) is 0 Å². The lowest BCUT2D eigenvalue weighted by atomic mass is 10.0. The average molecular weight is 423 g/mol. The Bertz CT molecular complexity index is 1050. The Morgan fingerprint density at radius 1 is 1.23 bits per heavy atom. The molecule has 1 aromatic carbocycles. The molecule has 0 amide bonds. The molecule has 7 nitrogen and oxygen atoms in total. The van der Waals surface area contributed by atoms with Crippen LogP contribution < -0.4 is 5.32 Å². The van der Waals surface area contributed by atoms with Crippen molar-refractivity contribution in [1.29, 1.82) is 0 Å². The van der Waals surface area contributed by atoms with E-state index in [1.165, 1.54) is 0 Å². The highest BCUT2D eigenvalue weighted by Crippen LogP contribution is 2.39. The first-order valence-electron chi connectivity index (χ1n) is 9.58. The predicted molar refractivity (Wildman–Crippen MR) is 117 cm³/mol. The Labute approximate surface area is 179 Å². The maximum absolute atomic E-state index is 11.4. The van der Waals surface area contributed by atoms with Crippen molar-refractivity contribution in [1.82, 2.24) is 19.8 Å². The number of benzene rings is 1. The Hall–Kier alpha value is -3.23. The highest BCUT2D eigenvalue weighted by atomic mass is 32.1. The molecule has 0 aliphatic carbocycles. The molecule has 1 aliphatic rings. The Morgan fingerprint density at radius 3 is 2.83 bits per heavy atom. The summed E-state index contributed by atoms with van der Waals surface area (Å²) < 4.78 is 7.30. The summed E-state index contributed by atoms with van der Waals surface area (Å²) in [6.07, 6.45) is 3.70. The number of pyridine rings is 1. The molecule has 0 unspecified atom stereocenters. The quantitative estimate of drug-likeness (QED) is 0.566. The third-order valence-corrected chi connectivity index (χ3v) is 5.54. The lowest BCUT2D eigenvalue weighted by molar-refractivity contribution is 0.0697. The zero-order chi connectivity index (χ0) is 21.1. The number of nitrogens with one attached hydrogen (secondary N) is 1. The number of rotatable bonds is 7. The summed E-state index contributed by atoms with van der Waals surface area (Å²) in [5.41, 5.74) is 2.89. The van der Waals surface area contributed by atoms with E-state index in [0.29, 0.717) is 18.3 Å². The molecule has 8 heteroatoms. The Morgan fingerprint density at radius 2 is 2.10 bits per heavy atom. The molecule has 1 fully saturated rings. The van der Waals surface area contributed by atoms with Gasteiger partial charge in [-0.05, 0) is 54.7 Å². The van der Waals surface area contributed by atoms with E-state index in [2.05, 4.69) is 15.2 Å². The van der Waals surface area contributed by atoms with Crippen LogP contribution in [0.15, 0.2) is 67.0 Å². The minimum absolute atomic E-state index is 0.133. The summed E-state index contributed by atoms with van der Waals surface area (Å²) in [4.78, 5) is 18.1. The first-order chi connectivity index (χ1) is 14.6. The van der Waals surface area contributed by atoms with Gasteiger partial charge in [0.2, 0.25) is 0 Å². The standard InChI is InChI=1S/C22H22N4O3S/c1-29-13-12-26-20(19(24-22(26)30)17-8-2-3-10-23-17)18-9-5-11-25(18)16-7-4-6-15(14-16)21(27)28/h2-11,14,19-20H,12-13H2,1H3,(H,24,30)(H,27,28)/t19-,20-/m1/s1. The molecule has 3 aromatic rings. The third kappa shape index (κ3) is 3.79. The molecule has 0 saturated carbocycles. The summed E-state index contributed by atoms with van der Waals surface area (Å²) in [6.45, 7) is 1.15. The number of carboxylic acids is 1. The van der Waals surface area contributed by atoms with Gasteiger partial charge in [0, 0.05) is 37.4 Å². The number of aromatic nitrogens is 2. The molecule has 2 atom stereocenters. The molecular formula is C22H22N4O3S. The van der Waals surface area contributed by atoms with Crippen LogP contribution in [0.4, 0.5) is 0 Å². The first-order valence-corrected chi connectivity index (χ1v) is 9.99. The van der Waals surface area contributed by atoms with E-state index in [1.54, 1.807) is 31.5 Å². The van der Waals surface area contributed by atoms with Crippen LogP contribution in [0.1, 0.15) is 33.8 Å². The second kappa shape index (κ2) is 8.64. The second-order valence-electron chi connectivity index (χ2n) is 6.97. The number of methoxy groups -OCH3 is 1. The summed E-state index contributed by atoms with van der Waals surface area (Å²) >= 11 is 5.64. The van der Waals surface area contributed by atoms with Crippen LogP contribution in [-0.2, 0) is 4.74 Å². The number of aromatic carboxylic acids is 1. The fourth-order valence-electron chi connectivity index (χ4n) is 3.82. The number of carbonyl (C=O) groups is 1. The maximum Gasteiger partial charge on any atom is 0.335 e. The van der Waals surface area contributed by atoms with E-state index in [0.717, 1.165) is 17.1 Å². The van der Waals surface area contributed by atoms with E-state index in [1.807, 2.05) is 47.2 Å². The molecule has 0 spiro atoms. The van der Waals surface area contributed by atoms with Crippen LogP contribution in [0, 0.1) is 0 Å². The van der Waals surface area contributed by atoms with Gasteiger partial charge in [-0.1, -0.05) is 12.1 Å². The molecule has 2 N–H and O–H groups in total. The lowest BCUT2D eigenvalue weighted by Gasteiger charge is -2.28. The van der Waals surface area contributed by atoms with E-state index >= 15 is 0 Å². The van der Waals surface area contributed by atoms with Gasteiger partial charge in [-0.25, -0.2) is 4.79 Å². The smallest absolute Gasteiger partial charge is 0.335 e. The highest BCUT2D eigenvalue weighted by Gasteiger charge is 2.41. The van der Waals surface area contributed by atoms with Crippen molar-refractivity contribution in [3.05, 3.63) is 83.9 Å². The van der Waals surface area contributed by atoms with Crippen molar-refractivity contribution in [3.8, 4) is 5.69 Å². The molecule has 1 aliphatic heterocycles. The minimum Gasteiger partial charge on any atom is -0.478 e. The number of nitrogens with zero attached hydrogens (tertiary/aromatic N) is 3. The summed E-state index contributed by atoms with van der Waals surface area (Å²) in [5, 5.41) is 13.4. The Balaban J connectivity index is 1.79. The topological polar surface area (TPSA) is 79.6 Å². The average Bonchev–Trinajstić information content (AvgIpc) is 3.37. The molecule has 154 valence electrons. The molecule has 3 heterocycles. The van der Waals surface area contributed by atoms with Crippen molar-refractivity contribution in [2.45, 2.75) is 12.1 Å². The van der Waals surface area contributed by atoms with Crippen molar-refractivity contribution in [2.24, 2.45) is 0 Å². The van der Waals surface area contributed by atoms with Crippen molar-refractivity contribution >= 4 is 23.3 Å². The van der Waals surface area contributed by atoms with Crippen LogP contribution in [0.3, 0.4) is 0 Å². The van der Waals surface area contributed by atoms with Gasteiger partial charge in [0.05, 0.1) is 29.9 Å². The number of carboxylic acid groups (broad SMARTS) is 1. The zero-order valence-corrected chi connectivity index (χ0v) is 17.2. The van der Waals surface area contributed by atoms with Crippen LogP contribution >= 0.6 is 12.2 Å². The van der Waals surface area contributed by atoms with Crippen LogP contribution in [-0.4, -0.2) is 50.9 Å². The normalized spacial score (nSPS) is 18.4. The minimum atomic E-state index is -0.956. The largest absolute Gasteiger partial charge is 0.478 e. The Kier molecular flexibility index (Phi) is 5.78. The van der Waals surface area contributed by atoms with Gasteiger partial charge >= 0.3 is 5.97 Å². The van der Waals surface area contributed by atoms with Gasteiger partial charge in [0.1, 0.15) is 0 Å². The van der Waals surface area contributed by atoms with E-state index < -0.39 is 5.97 Å². The first kappa shape index (κ1) is 20.1. The number of hydrogen-bond acceptors (Lipinski definition) is 4. The predicted octanol–water partition coefficient (Wildman–Crippen LogP) is 3.19. The molecular weight excluding hydrogens is 400 g/mol. The number of ether oxygens (including phenoxy) is 1. The summed E-state index contributed by atoms with van der Waals surface area (Å²) in [6, 6.07) is 16.4. The van der Waals surface area contributed by atoms with E-state index in [4.69, 9.17) is 17.0 Å². The van der Waals surface area contributed by atoms with Crippen molar-refractivity contribution < 1.29 is 14.6 Å². The van der Waals surface area contributed by atoms with Gasteiger partial charge < -0.3 is 24.6 Å². The van der Waals surface area contributed by atoms with Crippen LogP contribution in [0.2, 0.25) is 0 Å². The number of thiocarbonyl (C=S) groups is 1. The molecule has 4 rings (SSSR count). The van der Waals surface area contributed by atoms with E-state index in [-0.39, 0.29) is 17.6 Å². The van der Waals surface area contributed by atoms with Crippen LogP contribution in [0.5, 0.6) is 0 Å². The van der Waals surface area contributed by atoms with Gasteiger partial charge in [-0.15, -0.1) is 0 Å². The van der Waals surface area contributed by atoms with Crippen molar-refractivity contribution in [2.75, 3.05) is 20.3 Å². The highest BCUT2D eigenvalue weighted by molar-refractivity contribution is 7.80. The third-order valence-electron chi connectivity index (χ3n) is 5.19. The summed E-state index contributed by atoms with van der Waals surface area (Å²) in [7, 11) is 1.66. The fraction of sp³-hybridized carbons (Fsp3) is 0.227. The van der Waals surface area contributed by atoms with Crippen LogP contribution in [0.25, 0.3) is 5.69 Å². The zero-order valence-electron chi connectivity index (χ0n) is 16.4. The van der Waals surface area contributed by atoms with Crippen molar-refractivity contribution in [3.63, 3.8) is 0 Å². The molecule has 0 bridgehead atoms. The SMILES string of the molecule is COCCN1C(=S)N[C@H](c2ccccn2)[C@H]1c1cccn1-c1cccc(C(=O)O)c1. The van der Waals surface area contributed by atoms with Gasteiger partial charge in [-0.3, -0.25) is 4.98 Å². The maximum atomic E-state index is 11.4. The number of hydrogen-bond donors (Lipinski definition) is 2. The van der Waals surface area contributed by atoms with E-state index in [9.17, 15) is 9.90 Å². The molecule has 1 saturated heterocycles. The monoisotopic (exact) mass is 422 g/mol. The van der Waals surface area contributed by atoms with Gasteiger partial charge in [0.15, 0.2) is 5.11 Å². The second-order valence-corrected chi connectivity index (χ2v) is 7.36. The molecule has 2 aromatic heterocycles. The lowest BCUT2D eigenvalue weighted by Crippen LogP contribution is -2.33. The molecule has 30 heavy (non-hydrogen) atoms. The van der Waals surface area contributed by atoms with Gasteiger partial charge in [-0.2, -0.15) is 0 Å². The fourth-order valence-corrected chi connectivity index (χ4v) is 4.15. The molecule has 0 radical (unpaired) electrons.